The first-order valence-electron chi connectivity index (χ1n) is 4.74. The molecule has 0 fully saturated rings. The van der Waals surface area contributed by atoms with E-state index in [1.165, 1.54) is 36.4 Å². The molecule has 2 aromatic rings. The maximum absolute atomic E-state index is 13.3. The van der Waals surface area contributed by atoms with Gasteiger partial charge in [0.1, 0.15) is 17.4 Å². The molecule has 0 bridgehead atoms. The number of ether oxygens (including phenoxy) is 1. The summed E-state index contributed by atoms with van der Waals surface area (Å²) in [6.45, 7) is 0. The summed E-state index contributed by atoms with van der Waals surface area (Å²) in [7, 11) is 0. The summed E-state index contributed by atoms with van der Waals surface area (Å²) < 4.78 is 31.8. The van der Waals surface area contributed by atoms with E-state index < -0.39 is 5.82 Å². The topological polar surface area (TPSA) is 35.2 Å². The Balaban J connectivity index is 2.30. The van der Waals surface area contributed by atoms with Crippen molar-refractivity contribution >= 4 is 28.3 Å². The number of benzene rings is 2. The Morgan fingerprint density at radius 3 is 2.35 bits per heavy atom. The van der Waals surface area contributed by atoms with Crippen molar-refractivity contribution in [2.45, 2.75) is 0 Å². The van der Waals surface area contributed by atoms with Crippen molar-refractivity contribution in [2.24, 2.45) is 0 Å². The summed E-state index contributed by atoms with van der Waals surface area (Å²) in [6.07, 6.45) is 0. The zero-order chi connectivity index (χ0) is 12.4. The highest BCUT2D eigenvalue weighted by atomic mass is 127. The predicted octanol–water partition coefficient (Wildman–Crippen LogP) is 3.94. The molecule has 0 aliphatic heterocycles. The highest BCUT2D eigenvalue weighted by Crippen LogP contribution is 2.30. The lowest BCUT2D eigenvalue weighted by atomic mass is 10.3. The Kier molecular flexibility index (Phi) is 3.46. The fraction of sp³-hybridized carbons (Fsp3) is 0. The van der Waals surface area contributed by atoms with Gasteiger partial charge in [-0.2, -0.15) is 0 Å². The minimum absolute atomic E-state index is 0.217. The number of halogens is 3. The Labute approximate surface area is 111 Å². The first-order valence-corrected chi connectivity index (χ1v) is 5.82. The molecule has 0 spiro atoms. The second-order valence-corrected chi connectivity index (χ2v) is 4.52. The second-order valence-electron chi connectivity index (χ2n) is 3.36. The fourth-order valence-corrected chi connectivity index (χ4v) is 1.75. The van der Waals surface area contributed by atoms with Crippen LogP contribution in [0.2, 0.25) is 0 Å². The number of nitrogens with two attached hydrogens (primary N) is 1. The number of hydrogen-bond acceptors (Lipinski definition) is 2. The molecule has 0 aliphatic carbocycles. The van der Waals surface area contributed by atoms with Gasteiger partial charge in [-0.05, 0) is 52.9 Å². The molecule has 0 radical (unpaired) electrons. The second kappa shape index (κ2) is 4.87. The quantitative estimate of drug-likeness (QED) is 0.660. The summed E-state index contributed by atoms with van der Waals surface area (Å²) in [5.41, 5.74) is 6.03. The fourth-order valence-electron chi connectivity index (χ4n) is 1.26. The van der Waals surface area contributed by atoms with Crippen LogP contribution in [0, 0.1) is 15.2 Å². The van der Waals surface area contributed by atoms with E-state index in [0.717, 1.165) is 0 Å². The third-order valence-corrected chi connectivity index (χ3v) is 2.92. The van der Waals surface area contributed by atoms with Crippen LogP contribution in [0.15, 0.2) is 36.4 Å². The molecule has 88 valence electrons. The van der Waals surface area contributed by atoms with Crippen LogP contribution in [0.3, 0.4) is 0 Å². The molecule has 2 N–H and O–H groups in total. The molecular weight excluding hydrogens is 339 g/mol. The van der Waals surface area contributed by atoms with E-state index in [1.807, 2.05) is 22.6 Å². The average molecular weight is 347 g/mol. The first-order chi connectivity index (χ1) is 8.06. The molecule has 2 rings (SSSR count). The Morgan fingerprint density at radius 2 is 1.71 bits per heavy atom. The zero-order valence-electron chi connectivity index (χ0n) is 8.58. The van der Waals surface area contributed by atoms with E-state index in [-0.39, 0.29) is 11.6 Å². The Morgan fingerprint density at radius 1 is 1.06 bits per heavy atom. The van der Waals surface area contributed by atoms with Crippen molar-refractivity contribution in [1.29, 1.82) is 0 Å². The number of anilines is 1. The molecule has 0 saturated heterocycles. The lowest BCUT2D eigenvalue weighted by Gasteiger charge is -2.09. The Bertz CT molecular complexity index is 543. The van der Waals surface area contributed by atoms with Crippen LogP contribution in [0.4, 0.5) is 14.5 Å². The van der Waals surface area contributed by atoms with Crippen molar-refractivity contribution in [3.8, 4) is 11.5 Å². The molecule has 17 heavy (non-hydrogen) atoms. The van der Waals surface area contributed by atoms with E-state index >= 15 is 0 Å². The van der Waals surface area contributed by atoms with Crippen molar-refractivity contribution in [3.05, 3.63) is 51.6 Å². The normalized spacial score (nSPS) is 10.3. The van der Waals surface area contributed by atoms with Crippen LogP contribution in [0.25, 0.3) is 0 Å². The molecule has 0 heterocycles. The van der Waals surface area contributed by atoms with E-state index in [2.05, 4.69) is 0 Å². The lowest BCUT2D eigenvalue weighted by molar-refractivity contribution is 0.476. The van der Waals surface area contributed by atoms with Gasteiger partial charge in [0.2, 0.25) is 0 Å². The van der Waals surface area contributed by atoms with Gasteiger partial charge in [-0.1, -0.05) is 0 Å². The van der Waals surface area contributed by atoms with Crippen molar-refractivity contribution in [2.75, 3.05) is 5.73 Å². The maximum Gasteiger partial charge on any atom is 0.153 e. The number of rotatable bonds is 2. The molecule has 0 aliphatic rings. The number of hydrogen-bond donors (Lipinski definition) is 1. The first kappa shape index (κ1) is 12.1. The highest BCUT2D eigenvalue weighted by Gasteiger charge is 2.08. The van der Waals surface area contributed by atoms with E-state index in [4.69, 9.17) is 10.5 Å². The molecular formula is C12H8F2INO. The van der Waals surface area contributed by atoms with Crippen LogP contribution < -0.4 is 10.5 Å². The molecule has 2 nitrogen and oxygen atoms in total. The molecule has 2 aromatic carbocycles. The third kappa shape index (κ3) is 2.85. The lowest BCUT2D eigenvalue weighted by Crippen LogP contribution is -1.95. The van der Waals surface area contributed by atoms with E-state index in [0.29, 0.717) is 15.0 Å². The van der Waals surface area contributed by atoms with Gasteiger partial charge in [-0.25, -0.2) is 8.78 Å². The minimum Gasteiger partial charge on any atom is -0.455 e. The van der Waals surface area contributed by atoms with Crippen LogP contribution in [0.1, 0.15) is 0 Å². The third-order valence-electron chi connectivity index (χ3n) is 2.09. The molecule has 0 atom stereocenters. The zero-order valence-corrected chi connectivity index (χ0v) is 10.7. The van der Waals surface area contributed by atoms with Crippen molar-refractivity contribution < 1.29 is 13.5 Å². The minimum atomic E-state index is -0.406. The van der Waals surface area contributed by atoms with Gasteiger partial charge in [0.25, 0.3) is 0 Å². The largest absolute Gasteiger partial charge is 0.455 e. The SMILES string of the molecule is Nc1cc(I)c(F)cc1Oc1ccc(F)cc1. The van der Waals surface area contributed by atoms with Gasteiger partial charge in [-0.3, -0.25) is 0 Å². The summed E-state index contributed by atoms with van der Waals surface area (Å²) in [5.74, 6) is -0.149. The summed E-state index contributed by atoms with van der Waals surface area (Å²) in [4.78, 5) is 0. The average Bonchev–Trinajstić information content (AvgIpc) is 2.29. The Hall–Kier alpha value is -1.37. The monoisotopic (exact) mass is 347 g/mol. The molecule has 0 saturated carbocycles. The highest BCUT2D eigenvalue weighted by molar-refractivity contribution is 14.1. The maximum atomic E-state index is 13.3. The van der Waals surface area contributed by atoms with Gasteiger partial charge < -0.3 is 10.5 Å². The van der Waals surface area contributed by atoms with Gasteiger partial charge in [0.15, 0.2) is 5.75 Å². The molecule has 0 unspecified atom stereocenters. The standard InChI is InChI=1S/C12H8F2INO/c13-7-1-3-8(4-2-7)17-12-5-9(14)10(15)6-11(12)16/h1-6H,16H2. The smallest absolute Gasteiger partial charge is 0.153 e. The summed E-state index contributed by atoms with van der Waals surface area (Å²) in [5, 5.41) is 0. The van der Waals surface area contributed by atoms with Crippen molar-refractivity contribution in [3.63, 3.8) is 0 Å². The summed E-state index contributed by atoms with van der Waals surface area (Å²) >= 11 is 1.84. The summed E-state index contributed by atoms with van der Waals surface area (Å²) in [6, 6.07) is 8.10. The van der Waals surface area contributed by atoms with Crippen LogP contribution in [0.5, 0.6) is 11.5 Å². The van der Waals surface area contributed by atoms with Crippen LogP contribution in [-0.2, 0) is 0 Å². The van der Waals surface area contributed by atoms with Crippen LogP contribution >= 0.6 is 22.6 Å². The van der Waals surface area contributed by atoms with E-state index in [9.17, 15) is 8.78 Å². The van der Waals surface area contributed by atoms with Crippen molar-refractivity contribution in [1.82, 2.24) is 0 Å². The van der Waals surface area contributed by atoms with Gasteiger partial charge >= 0.3 is 0 Å². The van der Waals surface area contributed by atoms with E-state index in [1.54, 1.807) is 0 Å². The molecule has 5 heteroatoms. The van der Waals surface area contributed by atoms with Gasteiger partial charge in [-0.15, -0.1) is 0 Å². The van der Waals surface area contributed by atoms with Gasteiger partial charge in [0, 0.05) is 6.07 Å². The predicted molar refractivity (Wildman–Crippen MR) is 70.0 cm³/mol. The number of nitrogen functional groups attached to an aromatic ring is 1. The van der Waals surface area contributed by atoms with Gasteiger partial charge in [0.05, 0.1) is 9.26 Å². The molecule has 0 amide bonds. The molecule has 0 aromatic heterocycles. The van der Waals surface area contributed by atoms with Crippen LogP contribution in [-0.4, -0.2) is 0 Å².